The van der Waals surface area contributed by atoms with Crippen molar-refractivity contribution in [3.8, 4) is 16.9 Å². The zero-order chi connectivity index (χ0) is 14.1. The maximum Gasteiger partial charge on any atom is 0.128 e. The van der Waals surface area contributed by atoms with Crippen molar-refractivity contribution in [1.29, 1.82) is 0 Å². The molecular formula is C17H17NOS. The van der Waals surface area contributed by atoms with Gasteiger partial charge in [0.1, 0.15) is 5.75 Å². The van der Waals surface area contributed by atoms with Gasteiger partial charge >= 0.3 is 0 Å². The Labute approximate surface area is 123 Å². The molecule has 3 rings (SSSR count). The van der Waals surface area contributed by atoms with Gasteiger partial charge in [-0.1, -0.05) is 38.1 Å². The van der Waals surface area contributed by atoms with Crippen molar-refractivity contribution in [3.05, 3.63) is 48.2 Å². The average molecular weight is 283 g/mol. The molecule has 0 atom stereocenters. The summed E-state index contributed by atoms with van der Waals surface area (Å²) in [4.78, 5) is 0. The van der Waals surface area contributed by atoms with E-state index in [4.69, 9.17) is 4.74 Å². The number of rotatable bonds is 3. The molecular weight excluding hydrogens is 266 g/mol. The fourth-order valence-corrected chi connectivity index (χ4v) is 3.20. The second-order valence-corrected chi connectivity index (χ2v) is 5.97. The van der Waals surface area contributed by atoms with E-state index in [-0.39, 0.29) is 0 Å². The van der Waals surface area contributed by atoms with E-state index < -0.39 is 0 Å². The summed E-state index contributed by atoms with van der Waals surface area (Å²) in [6, 6.07) is 12.8. The zero-order valence-corrected chi connectivity index (χ0v) is 12.7. The molecule has 3 aromatic rings. The van der Waals surface area contributed by atoms with Crippen LogP contribution in [-0.2, 0) is 0 Å². The molecule has 20 heavy (non-hydrogen) atoms. The van der Waals surface area contributed by atoms with E-state index in [0.717, 1.165) is 11.3 Å². The molecule has 3 heteroatoms. The summed E-state index contributed by atoms with van der Waals surface area (Å²) in [6.45, 7) is 4.42. The third kappa shape index (κ3) is 2.18. The van der Waals surface area contributed by atoms with Gasteiger partial charge in [0.25, 0.3) is 0 Å². The highest BCUT2D eigenvalue weighted by atomic mass is 32.1. The van der Waals surface area contributed by atoms with E-state index in [1.54, 1.807) is 7.11 Å². The molecule has 0 spiro atoms. The Balaban J connectivity index is 2.19. The maximum absolute atomic E-state index is 5.53. The van der Waals surface area contributed by atoms with Gasteiger partial charge in [0.2, 0.25) is 0 Å². The molecule has 0 bridgehead atoms. The number of benzene rings is 2. The van der Waals surface area contributed by atoms with Gasteiger partial charge in [-0.15, -0.1) is 0 Å². The molecule has 2 aromatic carbocycles. The van der Waals surface area contributed by atoms with E-state index in [1.165, 1.54) is 32.7 Å². The lowest BCUT2D eigenvalue weighted by molar-refractivity contribution is 0.417. The van der Waals surface area contributed by atoms with Crippen molar-refractivity contribution in [2.75, 3.05) is 7.11 Å². The van der Waals surface area contributed by atoms with Gasteiger partial charge in [-0.3, -0.25) is 0 Å². The van der Waals surface area contributed by atoms with E-state index in [2.05, 4.69) is 48.6 Å². The Hall–Kier alpha value is -1.87. The van der Waals surface area contributed by atoms with E-state index in [9.17, 15) is 0 Å². The first-order valence-electron chi connectivity index (χ1n) is 6.72. The van der Waals surface area contributed by atoms with Crippen LogP contribution in [0.3, 0.4) is 0 Å². The van der Waals surface area contributed by atoms with Crippen LogP contribution in [0.25, 0.3) is 21.2 Å². The van der Waals surface area contributed by atoms with Crippen LogP contribution in [0, 0.1) is 0 Å². The molecule has 0 aliphatic carbocycles. The first kappa shape index (κ1) is 13.1. The predicted octanol–water partition coefficient (Wildman–Crippen LogP) is 5.10. The van der Waals surface area contributed by atoms with Crippen LogP contribution >= 0.6 is 11.5 Å². The summed E-state index contributed by atoms with van der Waals surface area (Å²) < 4.78 is 11.0. The minimum absolute atomic E-state index is 0.546. The van der Waals surface area contributed by atoms with Crippen molar-refractivity contribution in [2.45, 2.75) is 19.8 Å². The summed E-state index contributed by atoms with van der Waals surface area (Å²) in [7, 11) is 1.72. The molecule has 0 aliphatic heterocycles. The van der Waals surface area contributed by atoms with E-state index >= 15 is 0 Å². The van der Waals surface area contributed by atoms with Gasteiger partial charge in [0.15, 0.2) is 0 Å². The minimum Gasteiger partial charge on any atom is -0.496 e. The van der Waals surface area contributed by atoms with Gasteiger partial charge in [-0.05, 0) is 40.7 Å². The van der Waals surface area contributed by atoms with Crippen LogP contribution in [0.4, 0.5) is 0 Å². The largest absolute Gasteiger partial charge is 0.496 e. The molecule has 0 N–H and O–H groups in total. The van der Waals surface area contributed by atoms with E-state index in [1.807, 2.05) is 12.3 Å². The number of fused-ring (bicyclic) bond motifs is 1. The third-order valence-electron chi connectivity index (χ3n) is 3.57. The Bertz CT molecular complexity index is 728. The lowest BCUT2D eigenvalue weighted by Gasteiger charge is -2.11. The molecule has 1 aromatic heterocycles. The summed E-state index contributed by atoms with van der Waals surface area (Å²) in [5, 5.41) is 1.17. The summed E-state index contributed by atoms with van der Waals surface area (Å²) in [5.41, 5.74) is 3.67. The summed E-state index contributed by atoms with van der Waals surface area (Å²) >= 11 is 1.52. The lowest BCUT2D eigenvalue weighted by Crippen LogP contribution is -1.90. The van der Waals surface area contributed by atoms with Crippen LogP contribution in [0.5, 0.6) is 5.75 Å². The summed E-state index contributed by atoms with van der Waals surface area (Å²) in [5.74, 6) is 1.45. The molecule has 0 amide bonds. The van der Waals surface area contributed by atoms with Gasteiger partial charge in [0, 0.05) is 17.1 Å². The Morgan fingerprint density at radius 2 is 1.80 bits per heavy atom. The molecule has 2 nitrogen and oxygen atoms in total. The topological polar surface area (TPSA) is 22.1 Å². The van der Waals surface area contributed by atoms with Gasteiger partial charge < -0.3 is 4.74 Å². The second-order valence-electron chi connectivity index (χ2n) is 5.16. The lowest BCUT2D eigenvalue weighted by atomic mass is 9.98. The van der Waals surface area contributed by atoms with Gasteiger partial charge in [0.05, 0.1) is 11.8 Å². The first-order valence-corrected chi connectivity index (χ1v) is 7.49. The SMILES string of the molecule is COc1ccc2cnsc2c1-c1ccc(C(C)C)cc1. The standard InChI is InChI=1S/C17H17NOS/c1-11(2)12-4-6-13(7-5-12)16-15(19-3)9-8-14-10-18-20-17(14)16/h4-11H,1-3H3. The van der Waals surface area contributed by atoms with Crippen LogP contribution in [-0.4, -0.2) is 11.5 Å². The molecule has 0 unspecified atom stereocenters. The highest BCUT2D eigenvalue weighted by Crippen LogP contribution is 2.39. The maximum atomic E-state index is 5.53. The minimum atomic E-state index is 0.546. The Morgan fingerprint density at radius 1 is 1.05 bits per heavy atom. The summed E-state index contributed by atoms with van der Waals surface area (Å²) in [6.07, 6.45) is 1.91. The molecule has 1 heterocycles. The van der Waals surface area contributed by atoms with Crippen LogP contribution in [0.15, 0.2) is 42.6 Å². The smallest absolute Gasteiger partial charge is 0.128 e. The predicted molar refractivity (Wildman–Crippen MR) is 85.7 cm³/mol. The van der Waals surface area contributed by atoms with Crippen LogP contribution < -0.4 is 4.74 Å². The van der Waals surface area contributed by atoms with Crippen molar-refractivity contribution < 1.29 is 4.74 Å². The highest BCUT2D eigenvalue weighted by Gasteiger charge is 2.12. The highest BCUT2D eigenvalue weighted by molar-refractivity contribution is 7.14. The zero-order valence-electron chi connectivity index (χ0n) is 11.9. The van der Waals surface area contributed by atoms with Crippen molar-refractivity contribution in [1.82, 2.24) is 4.37 Å². The van der Waals surface area contributed by atoms with Crippen molar-refractivity contribution in [2.24, 2.45) is 0 Å². The van der Waals surface area contributed by atoms with Gasteiger partial charge in [-0.2, -0.15) is 4.37 Å². The third-order valence-corrected chi connectivity index (χ3v) is 4.40. The first-order chi connectivity index (χ1) is 9.70. The van der Waals surface area contributed by atoms with Crippen LogP contribution in [0.2, 0.25) is 0 Å². The Kier molecular flexibility index (Phi) is 3.45. The quantitative estimate of drug-likeness (QED) is 0.667. The molecule has 102 valence electrons. The molecule has 0 saturated carbocycles. The monoisotopic (exact) mass is 283 g/mol. The number of nitrogens with zero attached hydrogens (tertiary/aromatic N) is 1. The molecule has 0 radical (unpaired) electrons. The Morgan fingerprint density at radius 3 is 2.45 bits per heavy atom. The average Bonchev–Trinajstić information content (AvgIpc) is 2.94. The van der Waals surface area contributed by atoms with Gasteiger partial charge in [-0.25, -0.2) is 0 Å². The molecule has 0 aliphatic rings. The van der Waals surface area contributed by atoms with Crippen LogP contribution in [0.1, 0.15) is 25.3 Å². The second kappa shape index (κ2) is 5.25. The number of aromatic nitrogens is 1. The fraction of sp³-hybridized carbons (Fsp3) is 0.235. The number of methoxy groups -OCH3 is 1. The van der Waals surface area contributed by atoms with Crippen molar-refractivity contribution in [3.63, 3.8) is 0 Å². The number of hydrogen-bond donors (Lipinski definition) is 0. The fourth-order valence-electron chi connectivity index (χ4n) is 2.39. The van der Waals surface area contributed by atoms with E-state index in [0.29, 0.717) is 5.92 Å². The molecule has 0 saturated heterocycles. The molecule has 0 fully saturated rings. The number of hydrogen-bond acceptors (Lipinski definition) is 3. The van der Waals surface area contributed by atoms with Crippen molar-refractivity contribution >= 4 is 21.6 Å². The normalized spacial score (nSPS) is 11.2. The number of ether oxygens (including phenoxy) is 1.